The van der Waals surface area contributed by atoms with Gasteiger partial charge in [-0.3, -0.25) is 5.43 Å². The van der Waals surface area contributed by atoms with Gasteiger partial charge in [-0.25, -0.2) is 29.0 Å². The summed E-state index contributed by atoms with van der Waals surface area (Å²) in [5.74, 6) is 5.67. The van der Waals surface area contributed by atoms with E-state index in [-0.39, 0.29) is 16.9 Å². The Kier molecular flexibility index (Phi) is 3.79. The first-order valence-electron chi connectivity index (χ1n) is 5.84. The number of hydrazine groups is 1. The van der Waals surface area contributed by atoms with Gasteiger partial charge in [-0.2, -0.15) is 0 Å². The van der Waals surface area contributed by atoms with Crippen molar-refractivity contribution >= 4 is 16.0 Å². The lowest BCUT2D eigenvalue weighted by molar-refractivity contribution is 0.476. The molecule has 0 aromatic carbocycles. The molecule has 0 aliphatic heterocycles. The maximum absolute atomic E-state index is 12.1. The number of anilines is 1. The maximum atomic E-state index is 12.1. The fourth-order valence-electron chi connectivity index (χ4n) is 2.12. The van der Waals surface area contributed by atoms with E-state index in [0.29, 0.717) is 5.92 Å². The molecule has 0 amide bonds. The van der Waals surface area contributed by atoms with Crippen molar-refractivity contribution in [2.24, 2.45) is 11.8 Å². The van der Waals surface area contributed by atoms with Crippen molar-refractivity contribution in [3.05, 3.63) is 12.4 Å². The Morgan fingerprint density at radius 1 is 1.33 bits per heavy atom. The first-order chi connectivity index (χ1) is 8.53. The van der Waals surface area contributed by atoms with Crippen LogP contribution in [0.2, 0.25) is 0 Å². The highest BCUT2D eigenvalue weighted by Crippen LogP contribution is 2.26. The number of nitrogens with two attached hydrogens (primary N) is 1. The predicted molar refractivity (Wildman–Crippen MR) is 67.0 cm³/mol. The Hall–Kier alpha value is -1.25. The third-order valence-electron chi connectivity index (χ3n) is 3.24. The number of hydrogen-bond donors (Lipinski definition) is 3. The number of nitrogens with one attached hydrogen (secondary N) is 2. The zero-order valence-electron chi connectivity index (χ0n) is 10.1. The topological polar surface area (TPSA) is 110 Å². The minimum atomic E-state index is -3.55. The number of aromatic nitrogens is 2. The molecule has 1 aromatic heterocycles. The Morgan fingerprint density at radius 3 is 2.50 bits per heavy atom. The Morgan fingerprint density at radius 2 is 2.00 bits per heavy atom. The summed E-state index contributed by atoms with van der Waals surface area (Å²) in [6.07, 6.45) is 5.47. The molecule has 1 aliphatic rings. The van der Waals surface area contributed by atoms with E-state index in [4.69, 9.17) is 5.84 Å². The molecule has 1 fully saturated rings. The number of sulfonamides is 1. The van der Waals surface area contributed by atoms with E-state index >= 15 is 0 Å². The molecule has 2 rings (SSSR count). The largest absolute Gasteiger partial charge is 0.292 e. The summed E-state index contributed by atoms with van der Waals surface area (Å²) in [6, 6.07) is 0.00214. The van der Waals surface area contributed by atoms with Gasteiger partial charge in [-0.15, -0.1) is 0 Å². The van der Waals surface area contributed by atoms with Gasteiger partial charge in [-0.05, 0) is 18.8 Å². The van der Waals surface area contributed by atoms with Gasteiger partial charge in [0.05, 0.1) is 12.4 Å². The molecular weight excluding hydrogens is 254 g/mol. The third-order valence-corrected chi connectivity index (χ3v) is 4.68. The summed E-state index contributed by atoms with van der Waals surface area (Å²) in [7, 11) is -3.55. The predicted octanol–water partition coefficient (Wildman–Crippen LogP) is 0.229. The molecule has 2 unspecified atom stereocenters. The average molecular weight is 271 g/mol. The van der Waals surface area contributed by atoms with Crippen molar-refractivity contribution in [1.29, 1.82) is 0 Å². The van der Waals surface area contributed by atoms with Crippen LogP contribution in [0, 0.1) is 5.92 Å². The third kappa shape index (κ3) is 2.77. The molecule has 0 bridgehead atoms. The van der Waals surface area contributed by atoms with Crippen LogP contribution in [0.4, 0.5) is 5.95 Å². The number of hydrogen-bond acceptors (Lipinski definition) is 6. The second kappa shape index (κ2) is 5.17. The van der Waals surface area contributed by atoms with E-state index < -0.39 is 10.0 Å². The second-order valence-electron chi connectivity index (χ2n) is 4.52. The summed E-state index contributed by atoms with van der Waals surface area (Å²) in [5, 5.41) is 0. The first-order valence-corrected chi connectivity index (χ1v) is 7.32. The SMILES string of the molecule is CC1CCCC1NS(=O)(=O)c1cnc(NN)nc1. The van der Waals surface area contributed by atoms with Gasteiger partial charge >= 0.3 is 0 Å². The standard InChI is InChI=1S/C10H17N5O2S/c1-7-3-2-4-9(7)15-18(16,17)8-5-12-10(14-11)13-6-8/h5-7,9,15H,2-4,11H2,1H3,(H,12,13,14). The molecule has 18 heavy (non-hydrogen) atoms. The molecular formula is C10H17N5O2S. The van der Waals surface area contributed by atoms with Gasteiger partial charge in [0.15, 0.2) is 0 Å². The molecule has 0 saturated heterocycles. The van der Waals surface area contributed by atoms with Crippen LogP contribution in [-0.4, -0.2) is 24.4 Å². The summed E-state index contributed by atoms with van der Waals surface area (Å²) >= 11 is 0. The van der Waals surface area contributed by atoms with Crippen LogP contribution in [0.15, 0.2) is 17.3 Å². The molecule has 0 spiro atoms. The number of rotatable bonds is 4. The van der Waals surface area contributed by atoms with Gasteiger partial charge in [0.25, 0.3) is 0 Å². The first kappa shape index (κ1) is 13.2. The summed E-state index contributed by atoms with van der Waals surface area (Å²) in [6.45, 7) is 2.05. The van der Waals surface area contributed by atoms with Gasteiger partial charge in [0, 0.05) is 6.04 Å². The molecule has 1 aromatic rings. The van der Waals surface area contributed by atoms with E-state index in [0.717, 1.165) is 19.3 Å². The van der Waals surface area contributed by atoms with Crippen LogP contribution < -0.4 is 16.0 Å². The lowest BCUT2D eigenvalue weighted by Gasteiger charge is -2.17. The van der Waals surface area contributed by atoms with Gasteiger partial charge < -0.3 is 0 Å². The van der Waals surface area contributed by atoms with Gasteiger partial charge in [0.1, 0.15) is 4.90 Å². The smallest absolute Gasteiger partial charge is 0.243 e. The van der Waals surface area contributed by atoms with Crippen LogP contribution in [0.3, 0.4) is 0 Å². The Bertz CT molecular complexity index is 502. The molecule has 1 aliphatic carbocycles. The molecule has 7 nitrogen and oxygen atoms in total. The highest BCUT2D eigenvalue weighted by molar-refractivity contribution is 7.89. The molecule has 1 heterocycles. The Balaban J connectivity index is 2.14. The van der Waals surface area contributed by atoms with Crippen molar-refractivity contribution in [1.82, 2.24) is 14.7 Å². The zero-order valence-corrected chi connectivity index (χ0v) is 10.9. The van der Waals surface area contributed by atoms with Gasteiger partial charge in [-0.1, -0.05) is 13.3 Å². The Labute approximate surface area is 106 Å². The average Bonchev–Trinajstić information content (AvgIpc) is 2.74. The van der Waals surface area contributed by atoms with Crippen LogP contribution in [0.1, 0.15) is 26.2 Å². The van der Waals surface area contributed by atoms with Crippen molar-refractivity contribution < 1.29 is 8.42 Å². The minimum absolute atomic E-state index is 0.00214. The van der Waals surface area contributed by atoms with Gasteiger partial charge in [0.2, 0.25) is 16.0 Å². The molecule has 100 valence electrons. The lowest BCUT2D eigenvalue weighted by Crippen LogP contribution is -2.36. The summed E-state index contributed by atoms with van der Waals surface area (Å²) in [4.78, 5) is 7.64. The van der Waals surface area contributed by atoms with Crippen LogP contribution in [-0.2, 0) is 10.0 Å². The lowest BCUT2D eigenvalue weighted by atomic mass is 10.1. The quantitative estimate of drug-likeness (QED) is 0.534. The fraction of sp³-hybridized carbons (Fsp3) is 0.600. The van der Waals surface area contributed by atoms with E-state index in [2.05, 4.69) is 27.0 Å². The monoisotopic (exact) mass is 271 g/mol. The zero-order chi connectivity index (χ0) is 13.2. The van der Waals surface area contributed by atoms with E-state index in [1.54, 1.807) is 0 Å². The van der Waals surface area contributed by atoms with Crippen molar-refractivity contribution in [2.75, 3.05) is 5.43 Å². The molecule has 1 saturated carbocycles. The number of nitrogens with zero attached hydrogens (tertiary/aromatic N) is 2. The minimum Gasteiger partial charge on any atom is -0.292 e. The van der Waals surface area contributed by atoms with Crippen LogP contribution in [0.25, 0.3) is 0 Å². The molecule has 2 atom stereocenters. The summed E-state index contributed by atoms with van der Waals surface area (Å²) < 4.78 is 26.9. The number of nitrogen functional groups attached to an aromatic ring is 1. The van der Waals surface area contributed by atoms with E-state index in [9.17, 15) is 8.42 Å². The molecule has 0 radical (unpaired) electrons. The van der Waals surface area contributed by atoms with Crippen molar-refractivity contribution in [3.8, 4) is 0 Å². The normalized spacial score (nSPS) is 24.1. The maximum Gasteiger partial charge on any atom is 0.243 e. The highest BCUT2D eigenvalue weighted by Gasteiger charge is 2.28. The molecule has 8 heteroatoms. The highest BCUT2D eigenvalue weighted by atomic mass is 32.2. The van der Waals surface area contributed by atoms with Crippen LogP contribution in [0.5, 0.6) is 0 Å². The van der Waals surface area contributed by atoms with E-state index in [1.165, 1.54) is 12.4 Å². The van der Waals surface area contributed by atoms with Crippen molar-refractivity contribution in [2.45, 2.75) is 37.1 Å². The van der Waals surface area contributed by atoms with Crippen LogP contribution >= 0.6 is 0 Å². The summed E-state index contributed by atoms with van der Waals surface area (Å²) in [5.41, 5.74) is 2.25. The molecule has 4 N–H and O–H groups in total. The van der Waals surface area contributed by atoms with Crippen molar-refractivity contribution in [3.63, 3.8) is 0 Å². The second-order valence-corrected chi connectivity index (χ2v) is 6.24. The van der Waals surface area contributed by atoms with E-state index in [1.807, 2.05) is 0 Å². The fourth-order valence-corrected chi connectivity index (χ4v) is 3.39.